The average Bonchev–Trinajstić information content (AvgIpc) is 3.00. The smallest absolute Gasteiger partial charge is 0.0466 e. The van der Waals surface area contributed by atoms with Gasteiger partial charge in [0.2, 0.25) is 0 Å². The van der Waals surface area contributed by atoms with E-state index in [9.17, 15) is 0 Å². The quantitative estimate of drug-likeness (QED) is 0.727. The highest BCUT2D eigenvalue weighted by atomic mass is 79.9. The van der Waals surface area contributed by atoms with E-state index in [1.807, 2.05) is 6.07 Å². The summed E-state index contributed by atoms with van der Waals surface area (Å²) in [4.78, 5) is 0. The van der Waals surface area contributed by atoms with E-state index in [4.69, 9.17) is 4.74 Å². The molecule has 1 nitrogen and oxygen atoms in total. The fourth-order valence-corrected chi connectivity index (χ4v) is 2.05. The van der Waals surface area contributed by atoms with Crippen LogP contribution >= 0.6 is 15.9 Å². The van der Waals surface area contributed by atoms with Crippen LogP contribution in [0, 0.1) is 0 Å². The maximum atomic E-state index is 4.94. The normalized spacial score (nSPS) is 13.8. The summed E-state index contributed by atoms with van der Waals surface area (Å²) in [7, 11) is 0. The molecule has 18 heavy (non-hydrogen) atoms. The molecule has 2 aromatic carbocycles. The van der Waals surface area contributed by atoms with Gasteiger partial charge in [-0.15, -0.1) is 0 Å². The van der Waals surface area contributed by atoms with Crippen LogP contribution in [0.15, 0.2) is 59.1 Å². The molecule has 0 radical (unpaired) electrons. The first-order valence-corrected chi connectivity index (χ1v) is 7.04. The second-order valence-electron chi connectivity index (χ2n) is 4.19. The van der Waals surface area contributed by atoms with Crippen molar-refractivity contribution in [2.24, 2.45) is 0 Å². The van der Waals surface area contributed by atoms with E-state index in [2.05, 4.69) is 64.5 Å². The zero-order valence-electron chi connectivity index (χ0n) is 10.3. The molecule has 0 amide bonds. The van der Waals surface area contributed by atoms with E-state index in [1.165, 1.54) is 24.0 Å². The Morgan fingerprint density at radius 2 is 1.28 bits per heavy atom. The molecule has 1 aliphatic heterocycles. The Hall–Kier alpha value is -1.12. The van der Waals surface area contributed by atoms with Gasteiger partial charge in [0.05, 0.1) is 0 Å². The topological polar surface area (TPSA) is 9.23 Å². The van der Waals surface area contributed by atoms with Gasteiger partial charge in [0, 0.05) is 17.7 Å². The molecule has 0 bridgehead atoms. The summed E-state index contributed by atoms with van der Waals surface area (Å²) in [6.45, 7) is 2.00. The Morgan fingerprint density at radius 3 is 1.78 bits per heavy atom. The molecule has 0 spiro atoms. The van der Waals surface area contributed by atoms with Crippen LogP contribution in [-0.4, -0.2) is 13.2 Å². The molecular formula is C16H17BrO. The van der Waals surface area contributed by atoms with E-state index < -0.39 is 0 Å². The third kappa shape index (κ3) is 4.28. The third-order valence-electron chi connectivity index (χ3n) is 2.78. The Morgan fingerprint density at radius 1 is 0.722 bits per heavy atom. The average molecular weight is 305 g/mol. The van der Waals surface area contributed by atoms with Gasteiger partial charge in [0.25, 0.3) is 0 Å². The maximum absolute atomic E-state index is 4.94. The highest BCUT2D eigenvalue weighted by Gasteiger charge is 1.95. The monoisotopic (exact) mass is 304 g/mol. The van der Waals surface area contributed by atoms with E-state index in [0.717, 1.165) is 17.7 Å². The lowest BCUT2D eigenvalue weighted by Gasteiger charge is -2.00. The first-order chi connectivity index (χ1) is 8.86. The van der Waals surface area contributed by atoms with Gasteiger partial charge < -0.3 is 4.74 Å². The lowest BCUT2D eigenvalue weighted by atomic mass is 10.1. The van der Waals surface area contributed by atoms with Crippen LogP contribution in [0.5, 0.6) is 0 Å². The molecule has 0 atom stereocenters. The van der Waals surface area contributed by atoms with Gasteiger partial charge >= 0.3 is 0 Å². The summed E-state index contributed by atoms with van der Waals surface area (Å²) in [5.74, 6) is 0. The zero-order chi connectivity index (χ0) is 12.6. The molecule has 1 aliphatic rings. The van der Waals surface area contributed by atoms with Crippen molar-refractivity contribution in [3.63, 3.8) is 0 Å². The number of halogens is 1. The predicted octanol–water partition coefficient (Wildman–Crippen LogP) is 4.91. The fourth-order valence-electron chi connectivity index (χ4n) is 1.78. The van der Waals surface area contributed by atoms with Gasteiger partial charge in [-0.1, -0.05) is 58.4 Å². The van der Waals surface area contributed by atoms with E-state index in [-0.39, 0.29) is 0 Å². The largest absolute Gasteiger partial charge is 0.381 e. The van der Waals surface area contributed by atoms with Crippen LogP contribution < -0.4 is 0 Å². The first-order valence-electron chi connectivity index (χ1n) is 6.25. The van der Waals surface area contributed by atoms with Gasteiger partial charge in [-0.25, -0.2) is 0 Å². The number of benzene rings is 2. The Balaban J connectivity index is 0.000000202. The van der Waals surface area contributed by atoms with Crippen LogP contribution in [0.25, 0.3) is 11.1 Å². The van der Waals surface area contributed by atoms with Gasteiger partial charge in [-0.2, -0.15) is 0 Å². The van der Waals surface area contributed by atoms with Crippen molar-refractivity contribution in [2.75, 3.05) is 13.2 Å². The lowest BCUT2D eigenvalue weighted by molar-refractivity contribution is 0.198. The summed E-state index contributed by atoms with van der Waals surface area (Å²) < 4.78 is 6.06. The van der Waals surface area contributed by atoms with Gasteiger partial charge in [0.15, 0.2) is 0 Å². The fraction of sp³-hybridized carbons (Fsp3) is 0.250. The molecular weight excluding hydrogens is 288 g/mol. The molecule has 0 aliphatic carbocycles. The molecule has 2 aromatic rings. The Bertz CT molecular complexity index is 439. The number of hydrogen-bond donors (Lipinski definition) is 0. The molecule has 0 unspecified atom stereocenters. The summed E-state index contributed by atoms with van der Waals surface area (Å²) in [6.07, 6.45) is 2.56. The zero-order valence-corrected chi connectivity index (χ0v) is 11.9. The van der Waals surface area contributed by atoms with Gasteiger partial charge in [-0.05, 0) is 36.1 Å². The van der Waals surface area contributed by atoms with Crippen molar-refractivity contribution in [3.8, 4) is 11.1 Å². The minimum absolute atomic E-state index is 1.00. The Labute approximate surface area is 117 Å². The molecule has 2 heteroatoms. The summed E-state index contributed by atoms with van der Waals surface area (Å²) >= 11 is 3.42. The SMILES string of the molecule is Brc1ccc(-c2ccccc2)cc1.C1CCOC1. The van der Waals surface area contributed by atoms with Crippen LogP contribution in [-0.2, 0) is 4.74 Å². The third-order valence-corrected chi connectivity index (χ3v) is 3.31. The molecule has 0 N–H and O–H groups in total. The summed E-state index contributed by atoms with van der Waals surface area (Å²) in [5.41, 5.74) is 2.51. The minimum Gasteiger partial charge on any atom is -0.381 e. The number of ether oxygens (including phenoxy) is 1. The van der Waals surface area contributed by atoms with Crippen molar-refractivity contribution in [1.29, 1.82) is 0 Å². The van der Waals surface area contributed by atoms with Crippen LogP contribution in [0.2, 0.25) is 0 Å². The molecule has 1 saturated heterocycles. The number of rotatable bonds is 1. The van der Waals surface area contributed by atoms with Gasteiger partial charge in [-0.3, -0.25) is 0 Å². The van der Waals surface area contributed by atoms with E-state index in [0.29, 0.717) is 0 Å². The standard InChI is InChI=1S/C12H9Br.C4H8O/c13-12-8-6-11(7-9-12)10-4-2-1-3-5-10;1-2-4-5-3-1/h1-9H;1-4H2. The van der Waals surface area contributed by atoms with Crippen molar-refractivity contribution >= 4 is 15.9 Å². The highest BCUT2D eigenvalue weighted by Crippen LogP contribution is 2.20. The highest BCUT2D eigenvalue weighted by molar-refractivity contribution is 9.10. The Kier molecular flexibility index (Phi) is 5.43. The lowest BCUT2D eigenvalue weighted by Crippen LogP contribution is -1.75. The molecule has 0 aromatic heterocycles. The van der Waals surface area contributed by atoms with Crippen LogP contribution in [0.1, 0.15) is 12.8 Å². The minimum atomic E-state index is 1.00. The maximum Gasteiger partial charge on any atom is 0.0466 e. The van der Waals surface area contributed by atoms with Crippen molar-refractivity contribution < 1.29 is 4.74 Å². The van der Waals surface area contributed by atoms with Crippen molar-refractivity contribution in [2.45, 2.75) is 12.8 Å². The second-order valence-corrected chi connectivity index (χ2v) is 5.11. The molecule has 0 saturated carbocycles. The molecule has 94 valence electrons. The van der Waals surface area contributed by atoms with Crippen molar-refractivity contribution in [1.82, 2.24) is 0 Å². The molecule has 3 rings (SSSR count). The first kappa shape index (κ1) is 13.3. The molecule has 1 heterocycles. The predicted molar refractivity (Wildman–Crippen MR) is 79.6 cm³/mol. The van der Waals surface area contributed by atoms with Gasteiger partial charge in [0.1, 0.15) is 0 Å². The number of hydrogen-bond acceptors (Lipinski definition) is 1. The van der Waals surface area contributed by atoms with E-state index >= 15 is 0 Å². The molecule has 1 fully saturated rings. The van der Waals surface area contributed by atoms with E-state index in [1.54, 1.807) is 0 Å². The van der Waals surface area contributed by atoms with Crippen LogP contribution in [0.4, 0.5) is 0 Å². The van der Waals surface area contributed by atoms with Crippen LogP contribution in [0.3, 0.4) is 0 Å². The van der Waals surface area contributed by atoms with Crippen molar-refractivity contribution in [3.05, 3.63) is 59.1 Å². The summed E-state index contributed by atoms with van der Waals surface area (Å²) in [6, 6.07) is 18.7. The second kappa shape index (κ2) is 7.34. The summed E-state index contributed by atoms with van der Waals surface area (Å²) in [5, 5.41) is 0.